The number of benzene rings is 2. The highest BCUT2D eigenvalue weighted by atomic mass is 35.5. The van der Waals surface area contributed by atoms with Gasteiger partial charge >= 0.3 is 0 Å². The second-order valence-electron chi connectivity index (χ2n) is 6.72. The van der Waals surface area contributed by atoms with Gasteiger partial charge in [0.25, 0.3) is 5.91 Å². The number of amides is 1. The molecule has 140 valence electrons. The van der Waals surface area contributed by atoms with Crippen LogP contribution in [0.15, 0.2) is 42.5 Å². The highest BCUT2D eigenvalue weighted by molar-refractivity contribution is 6.30. The molecule has 0 fully saturated rings. The van der Waals surface area contributed by atoms with Crippen molar-refractivity contribution in [3.63, 3.8) is 0 Å². The maximum atomic E-state index is 14.3. The fourth-order valence-corrected chi connectivity index (χ4v) is 2.69. The van der Waals surface area contributed by atoms with Gasteiger partial charge in [-0.05, 0) is 50.0 Å². The Labute approximate surface area is 159 Å². The summed E-state index contributed by atoms with van der Waals surface area (Å²) in [7, 11) is 7.45. The van der Waals surface area contributed by atoms with Gasteiger partial charge in [-0.15, -0.1) is 0 Å². The first-order chi connectivity index (χ1) is 12.3. The molecule has 0 bridgehead atoms. The molecule has 0 saturated carbocycles. The smallest absolute Gasteiger partial charge is 0.254 e. The van der Waals surface area contributed by atoms with E-state index in [1.807, 2.05) is 31.1 Å². The molecule has 2 aromatic rings. The fourth-order valence-electron chi connectivity index (χ4n) is 2.57. The van der Waals surface area contributed by atoms with Crippen molar-refractivity contribution in [2.24, 2.45) is 0 Å². The molecule has 0 radical (unpaired) electrons. The Hall–Kier alpha value is -2.11. The molecule has 0 aliphatic heterocycles. The molecule has 0 unspecified atom stereocenters. The van der Waals surface area contributed by atoms with Gasteiger partial charge in [0.2, 0.25) is 0 Å². The number of hydrogen-bond acceptors (Lipinski definition) is 3. The van der Waals surface area contributed by atoms with E-state index < -0.39 is 5.82 Å². The summed E-state index contributed by atoms with van der Waals surface area (Å²) in [4.78, 5) is 18.4. The van der Waals surface area contributed by atoms with Gasteiger partial charge in [-0.3, -0.25) is 4.79 Å². The lowest BCUT2D eigenvalue weighted by atomic mass is 10.1. The van der Waals surface area contributed by atoms with Crippen molar-refractivity contribution in [1.82, 2.24) is 9.80 Å². The number of anilines is 1. The van der Waals surface area contributed by atoms with Gasteiger partial charge in [-0.1, -0.05) is 23.7 Å². The Balaban J connectivity index is 2.24. The van der Waals surface area contributed by atoms with Crippen molar-refractivity contribution in [3.05, 3.63) is 64.4 Å². The Kier molecular flexibility index (Phi) is 7.00. The second-order valence-corrected chi connectivity index (χ2v) is 7.15. The van der Waals surface area contributed by atoms with Crippen LogP contribution in [0.4, 0.5) is 10.1 Å². The number of likely N-dealkylation sites (N-methyl/N-ethyl adjacent to an activating group) is 1. The Morgan fingerprint density at radius 2 is 1.65 bits per heavy atom. The minimum atomic E-state index is -0.403. The number of nitrogens with zero attached hydrogens (tertiary/aromatic N) is 3. The third-order valence-electron chi connectivity index (χ3n) is 4.07. The maximum Gasteiger partial charge on any atom is 0.254 e. The average Bonchev–Trinajstić information content (AvgIpc) is 2.59. The van der Waals surface area contributed by atoms with Gasteiger partial charge in [-0.2, -0.15) is 0 Å². The summed E-state index contributed by atoms with van der Waals surface area (Å²) in [6, 6.07) is 12.0. The van der Waals surface area contributed by atoms with Crippen molar-refractivity contribution >= 4 is 23.2 Å². The Bertz CT molecular complexity index is 747. The summed E-state index contributed by atoms with van der Waals surface area (Å²) in [5.74, 6) is -0.592. The molecule has 6 heteroatoms. The Morgan fingerprint density at radius 1 is 1.00 bits per heavy atom. The van der Waals surface area contributed by atoms with E-state index in [-0.39, 0.29) is 5.91 Å². The molecule has 1 amide bonds. The molecule has 2 aromatic carbocycles. The van der Waals surface area contributed by atoms with Crippen molar-refractivity contribution in [2.45, 2.75) is 6.54 Å². The van der Waals surface area contributed by atoms with Crippen LogP contribution in [0.5, 0.6) is 0 Å². The molecule has 0 aliphatic carbocycles. The highest BCUT2D eigenvalue weighted by Gasteiger charge is 2.18. The van der Waals surface area contributed by atoms with Gasteiger partial charge in [0.05, 0.1) is 5.69 Å². The summed E-state index contributed by atoms with van der Waals surface area (Å²) in [5, 5.41) is 0.654. The van der Waals surface area contributed by atoms with E-state index in [2.05, 4.69) is 0 Å². The van der Waals surface area contributed by atoms with Crippen molar-refractivity contribution < 1.29 is 9.18 Å². The van der Waals surface area contributed by atoms with Crippen LogP contribution >= 0.6 is 11.6 Å². The molecule has 0 aliphatic rings. The lowest BCUT2D eigenvalue weighted by Crippen LogP contribution is -2.36. The largest absolute Gasteiger partial charge is 0.375 e. The summed E-state index contributed by atoms with van der Waals surface area (Å²) in [6.07, 6.45) is 0. The van der Waals surface area contributed by atoms with Crippen LogP contribution in [-0.2, 0) is 6.54 Å². The van der Waals surface area contributed by atoms with Crippen LogP contribution in [0.2, 0.25) is 5.02 Å². The monoisotopic (exact) mass is 377 g/mol. The number of hydrogen-bond donors (Lipinski definition) is 0. The molecule has 0 spiro atoms. The van der Waals surface area contributed by atoms with Crippen molar-refractivity contribution in [3.8, 4) is 0 Å². The van der Waals surface area contributed by atoms with E-state index in [0.29, 0.717) is 29.4 Å². The van der Waals surface area contributed by atoms with E-state index in [4.69, 9.17) is 11.6 Å². The summed E-state index contributed by atoms with van der Waals surface area (Å²) >= 11 is 5.93. The third kappa shape index (κ3) is 5.44. The SMILES string of the molecule is CN(C)CCN(Cc1ccc(Cl)cc1)C(=O)c1ccc(N(C)C)c(F)c1. The number of carbonyl (C=O) groups excluding carboxylic acids is 1. The van der Waals surface area contributed by atoms with E-state index in [0.717, 1.165) is 12.1 Å². The minimum absolute atomic E-state index is 0.189. The van der Waals surface area contributed by atoms with Crippen LogP contribution < -0.4 is 4.90 Å². The second kappa shape index (κ2) is 9.01. The summed E-state index contributed by atoms with van der Waals surface area (Å²) in [6.45, 7) is 1.71. The first kappa shape index (κ1) is 20.2. The first-order valence-electron chi connectivity index (χ1n) is 8.43. The summed E-state index contributed by atoms with van der Waals surface area (Å²) < 4.78 is 14.3. The van der Waals surface area contributed by atoms with Crippen molar-refractivity contribution in [2.75, 3.05) is 46.2 Å². The zero-order valence-corrected chi connectivity index (χ0v) is 16.4. The lowest BCUT2D eigenvalue weighted by molar-refractivity contribution is 0.0731. The minimum Gasteiger partial charge on any atom is -0.375 e. The number of carbonyl (C=O) groups is 1. The van der Waals surface area contributed by atoms with Crippen LogP contribution in [-0.4, -0.2) is 57.0 Å². The van der Waals surface area contributed by atoms with Gasteiger partial charge in [0.1, 0.15) is 5.82 Å². The van der Waals surface area contributed by atoms with Crippen LogP contribution in [0.3, 0.4) is 0 Å². The maximum absolute atomic E-state index is 14.3. The van der Waals surface area contributed by atoms with Gasteiger partial charge in [-0.25, -0.2) is 4.39 Å². The van der Waals surface area contributed by atoms with E-state index >= 15 is 0 Å². The molecule has 0 N–H and O–H groups in total. The predicted octanol–water partition coefficient (Wildman–Crippen LogP) is 3.75. The zero-order valence-electron chi connectivity index (χ0n) is 15.7. The molecular formula is C20H25ClFN3O. The molecule has 0 atom stereocenters. The first-order valence-corrected chi connectivity index (χ1v) is 8.81. The Morgan fingerprint density at radius 3 is 2.19 bits per heavy atom. The number of rotatable bonds is 7. The fraction of sp³-hybridized carbons (Fsp3) is 0.350. The topological polar surface area (TPSA) is 26.8 Å². The van der Waals surface area contributed by atoms with Gasteiger partial charge in [0, 0.05) is 44.3 Å². The van der Waals surface area contributed by atoms with Crippen molar-refractivity contribution in [1.29, 1.82) is 0 Å². The van der Waals surface area contributed by atoms with Crippen LogP contribution in [0, 0.1) is 5.82 Å². The predicted molar refractivity (Wildman–Crippen MR) is 105 cm³/mol. The standard InChI is InChI=1S/C20H25ClFN3O/c1-23(2)11-12-25(14-15-5-8-17(21)9-6-15)20(26)16-7-10-19(24(3)4)18(22)13-16/h5-10,13H,11-12,14H2,1-4H3. The molecule has 26 heavy (non-hydrogen) atoms. The van der Waals surface area contributed by atoms with Crippen LogP contribution in [0.1, 0.15) is 15.9 Å². The van der Waals surface area contributed by atoms with Gasteiger partial charge < -0.3 is 14.7 Å². The molecule has 4 nitrogen and oxygen atoms in total. The molecule has 0 heterocycles. The quantitative estimate of drug-likeness (QED) is 0.735. The normalized spacial score (nSPS) is 10.9. The van der Waals surface area contributed by atoms with E-state index in [9.17, 15) is 9.18 Å². The van der Waals surface area contributed by atoms with Crippen LogP contribution in [0.25, 0.3) is 0 Å². The highest BCUT2D eigenvalue weighted by Crippen LogP contribution is 2.20. The van der Waals surface area contributed by atoms with E-state index in [1.54, 1.807) is 48.2 Å². The lowest BCUT2D eigenvalue weighted by Gasteiger charge is -2.25. The molecule has 0 aromatic heterocycles. The number of halogens is 2. The average molecular weight is 378 g/mol. The van der Waals surface area contributed by atoms with E-state index in [1.165, 1.54) is 6.07 Å². The third-order valence-corrected chi connectivity index (χ3v) is 4.32. The summed E-state index contributed by atoms with van der Waals surface area (Å²) in [5.41, 5.74) is 1.78. The van der Waals surface area contributed by atoms with Gasteiger partial charge in [0.15, 0.2) is 0 Å². The zero-order chi connectivity index (χ0) is 19.3. The molecular weight excluding hydrogens is 353 g/mol. The molecule has 0 saturated heterocycles. The molecule has 2 rings (SSSR count).